The van der Waals surface area contributed by atoms with Crippen molar-refractivity contribution in [3.63, 3.8) is 0 Å². The van der Waals surface area contributed by atoms with E-state index >= 15 is 0 Å². The van der Waals surface area contributed by atoms with E-state index < -0.39 is 0 Å². The monoisotopic (exact) mass is 266 g/mol. The smallest absolute Gasteiger partial charge is 0.0949 e. The number of nitrogens with one attached hydrogen (secondary N) is 1. The Morgan fingerprint density at radius 1 is 1.53 bits per heavy atom. The highest BCUT2D eigenvalue weighted by Gasteiger charge is 2.18. The van der Waals surface area contributed by atoms with Crippen LogP contribution in [0.3, 0.4) is 0 Å². The van der Waals surface area contributed by atoms with Gasteiger partial charge in [-0.1, -0.05) is 13.8 Å². The topological polar surface area (TPSA) is 42.3 Å². The summed E-state index contributed by atoms with van der Waals surface area (Å²) in [5.41, 5.74) is 1.23. The predicted octanol–water partition coefficient (Wildman–Crippen LogP) is 0.959. The van der Waals surface area contributed by atoms with E-state index in [1.807, 2.05) is 12.5 Å². The van der Waals surface area contributed by atoms with E-state index in [0.717, 1.165) is 39.3 Å². The Hall–Kier alpha value is -0.910. The molecule has 1 unspecified atom stereocenters. The average Bonchev–Trinajstić information content (AvgIpc) is 2.76. The zero-order chi connectivity index (χ0) is 13.7. The van der Waals surface area contributed by atoms with Crippen molar-refractivity contribution in [3.05, 3.63) is 18.2 Å². The molecule has 0 radical (unpaired) electrons. The molecule has 1 aliphatic rings. The van der Waals surface area contributed by atoms with E-state index in [4.69, 9.17) is 4.74 Å². The Bertz CT molecular complexity index is 377. The zero-order valence-corrected chi connectivity index (χ0v) is 12.3. The lowest BCUT2D eigenvalue weighted by Gasteiger charge is -2.30. The Morgan fingerprint density at radius 2 is 2.37 bits per heavy atom. The van der Waals surface area contributed by atoms with Gasteiger partial charge in [-0.2, -0.15) is 0 Å². The number of morpholine rings is 1. The number of hydrogen-bond donors (Lipinski definition) is 1. The molecule has 1 saturated heterocycles. The highest BCUT2D eigenvalue weighted by Crippen LogP contribution is 2.08. The van der Waals surface area contributed by atoms with Gasteiger partial charge in [0.2, 0.25) is 0 Å². The molecule has 1 aliphatic heterocycles. The SMILES string of the molecule is CC(C)CNCc1cncn1CC1CN(C)CCO1. The summed E-state index contributed by atoms with van der Waals surface area (Å²) in [7, 11) is 2.15. The highest BCUT2D eigenvalue weighted by molar-refractivity contribution is 4.98. The number of imidazole rings is 1. The molecule has 108 valence electrons. The van der Waals surface area contributed by atoms with Crippen molar-refractivity contribution in [2.45, 2.75) is 33.0 Å². The van der Waals surface area contributed by atoms with Crippen LogP contribution in [0.2, 0.25) is 0 Å². The molecule has 1 aromatic rings. The molecule has 0 spiro atoms. The fourth-order valence-corrected chi connectivity index (χ4v) is 2.35. The third-order valence-electron chi connectivity index (χ3n) is 3.40. The lowest BCUT2D eigenvalue weighted by molar-refractivity contribution is -0.0278. The quantitative estimate of drug-likeness (QED) is 0.833. The third-order valence-corrected chi connectivity index (χ3v) is 3.40. The summed E-state index contributed by atoms with van der Waals surface area (Å²) in [4.78, 5) is 6.58. The fraction of sp³-hybridized carbons (Fsp3) is 0.786. The number of nitrogens with zero attached hydrogens (tertiary/aromatic N) is 3. The molecule has 1 N–H and O–H groups in total. The van der Waals surface area contributed by atoms with Crippen LogP contribution in [0.15, 0.2) is 12.5 Å². The molecule has 0 amide bonds. The van der Waals surface area contributed by atoms with Gasteiger partial charge in [0.25, 0.3) is 0 Å². The maximum Gasteiger partial charge on any atom is 0.0949 e. The van der Waals surface area contributed by atoms with E-state index in [1.54, 1.807) is 0 Å². The van der Waals surface area contributed by atoms with Crippen LogP contribution in [-0.4, -0.2) is 53.8 Å². The van der Waals surface area contributed by atoms with E-state index in [1.165, 1.54) is 5.69 Å². The average molecular weight is 266 g/mol. The van der Waals surface area contributed by atoms with Crippen molar-refractivity contribution in [1.82, 2.24) is 19.8 Å². The van der Waals surface area contributed by atoms with Crippen LogP contribution in [-0.2, 0) is 17.8 Å². The van der Waals surface area contributed by atoms with Crippen molar-refractivity contribution in [1.29, 1.82) is 0 Å². The maximum absolute atomic E-state index is 5.81. The number of ether oxygens (including phenoxy) is 1. The van der Waals surface area contributed by atoms with Crippen molar-refractivity contribution < 1.29 is 4.74 Å². The first kappa shape index (κ1) is 14.5. The summed E-state index contributed by atoms with van der Waals surface area (Å²) in [6, 6.07) is 0. The number of rotatable bonds is 6. The summed E-state index contributed by atoms with van der Waals surface area (Å²) in [5.74, 6) is 0.673. The van der Waals surface area contributed by atoms with Crippen molar-refractivity contribution >= 4 is 0 Å². The number of hydrogen-bond acceptors (Lipinski definition) is 4. The van der Waals surface area contributed by atoms with E-state index in [2.05, 4.69) is 40.7 Å². The van der Waals surface area contributed by atoms with Crippen molar-refractivity contribution in [3.8, 4) is 0 Å². The first-order valence-corrected chi connectivity index (χ1v) is 7.15. The molecule has 5 heteroatoms. The van der Waals surface area contributed by atoms with Gasteiger partial charge in [-0.15, -0.1) is 0 Å². The summed E-state index contributed by atoms with van der Waals surface area (Å²) in [6.45, 7) is 10.1. The molecule has 1 fully saturated rings. The lowest BCUT2D eigenvalue weighted by atomic mass is 10.2. The molecule has 0 saturated carbocycles. The van der Waals surface area contributed by atoms with Gasteiger partial charge in [-0.3, -0.25) is 0 Å². The molecule has 5 nitrogen and oxygen atoms in total. The van der Waals surface area contributed by atoms with Crippen LogP contribution in [0, 0.1) is 5.92 Å². The Labute approximate surface area is 116 Å². The molecule has 0 bridgehead atoms. The molecule has 0 aliphatic carbocycles. The van der Waals surface area contributed by atoms with Crippen LogP contribution in [0.1, 0.15) is 19.5 Å². The van der Waals surface area contributed by atoms with Crippen LogP contribution in [0.25, 0.3) is 0 Å². The molecule has 2 heterocycles. The van der Waals surface area contributed by atoms with Gasteiger partial charge in [-0.25, -0.2) is 4.98 Å². The van der Waals surface area contributed by atoms with Crippen LogP contribution < -0.4 is 5.32 Å². The normalized spacial score (nSPS) is 21.2. The first-order chi connectivity index (χ1) is 9.15. The minimum atomic E-state index is 0.275. The largest absolute Gasteiger partial charge is 0.374 e. The second-order valence-electron chi connectivity index (χ2n) is 5.82. The van der Waals surface area contributed by atoms with Crippen molar-refractivity contribution in [2.75, 3.05) is 33.3 Å². The number of aromatic nitrogens is 2. The van der Waals surface area contributed by atoms with Gasteiger partial charge >= 0.3 is 0 Å². The number of likely N-dealkylation sites (N-methyl/N-ethyl adjacent to an activating group) is 1. The molecule has 1 atom stereocenters. The molecule has 2 rings (SSSR count). The van der Waals surface area contributed by atoms with Gasteiger partial charge in [0.05, 0.1) is 31.3 Å². The van der Waals surface area contributed by atoms with Gasteiger partial charge < -0.3 is 19.5 Å². The minimum absolute atomic E-state index is 0.275. The van der Waals surface area contributed by atoms with E-state index in [-0.39, 0.29) is 6.10 Å². The maximum atomic E-state index is 5.81. The zero-order valence-electron chi connectivity index (χ0n) is 12.3. The van der Waals surface area contributed by atoms with Gasteiger partial charge in [0.15, 0.2) is 0 Å². The summed E-state index contributed by atoms with van der Waals surface area (Å²) >= 11 is 0. The van der Waals surface area contributed by atoms with E-state index in [0.29, 0.717) is 5.92 Å². The van der Waals surface area contributed by atoms with Gasteiger partial charge in [0, 0.05) is 25.8 Å². The lowest BCUT2D eigenvalue weighted by Crippen LogP contribution is -2.42. The fourth-order valence-electron chi connectivity index (χ4n) is 2.35. The summed E-state index contributed by atoms with van der Waals surface area (Å²) in [6.07, 6.45) is 4.13. The Kier molecular flexibility index (Phi) is 5.36. The second-order valence-corrected chi connectivity index (χ2v) is 5.82. The van der Waals surface area contributed by atoms with Crippen LogP contribution >= 0.6 is 0 Å². The standard InChI is InChI=1S/C14H26N4O/c1-12(2)6-15-7-13-8-16-11-18(13)10-14-9-17(3)4-5-19-14/h8,11-12,14-15H,4-7,9-10H2,1-3H3. The Morgan fingerprint density at radius 3 is 3.11 bits per heavy atom. The van der Waals surface area contributed by atoms with E-state index in [9.17, 15) is 0 Å². The van der Waals surface area contributed by atoms with Gasteiger partial charge in [0.1, 0.15) is 0 Å². The second kappa shape index (κ2) is 7.03. The van der Waals surface area contributed by atoms with Gasteiger partial charge in [-0.05, 0) is 19.5 Å². The third kappa shape index (κ3) is 4.60. The molecular weight excluding hydrogens is 240 g/mol. The first-order valence-electron chi connectivity index (χ1n) is 7.15. The minimum Gasteiger partial charge on any atom is -0.374 e. The van der Waals surface area contributed by atoms with Crippen LogP contribution in [0.5, 0.6) is 0 Å². The summed E-state index contributed by atoms with van der Waals surface area (Å²) in [5, 5.41) is 3.46. The molecule has 0 aromatic carbocycles. The van der Waals surface area contributed by atoms with Crippen LogP contribution in [0.4, 0.5) is 0 Å². The molecular formula is C14H26N4O. The predicted molar refractivity (Wildman–Crippen MR) is 76.0 cm³/mol. The summed E-state index contributed by atoms with van der Waals surface area (Å²) < 4.78 is 8.01. The molecule has 19 heavy (non-hydrogen) atoms. The highest BCUT2D eigenvalue weighted by atomic mass is 16.5. The molecule has 1 aromatic heterocycles. The Balaban J connectivity index is 1.84. The van der Waals surface area contributed by atoms with Crippen molar-refractivity contribution in [2.24, 2.45) is 5.92 Å².